The van der Waals surface area contributed by atoms with Crippen LogP contribution in [0, 0.1) is 17.6 Å². The molecule has 2 rings (SSSR count). The molecule has 1 unspecified atom stereocenters. The van der Waals surface area contributed by atoms with Crippen molar-refractivity contribution in [3.05, 3.63) is 35.4 Å². The summed E-state index contributed by atoms with van der Waals surface area (Å²) in [7, 11) is 0. The standard InChI is InChI=1S/C17H25F2NO/c1-3-20-13(8-12-9-14(10-12)21-4-2)11-15-16(18)6-5-7-17(15)19/h5-7,12-14,20H,3-4,8-11H2,1-2H3. The summed E-state index contributed by atoms with van der Waals surface area (Å²) in [6.07, 6.45) is 3.87. The molecule has 118 valence electrons. The van der Waals surface area contributed by atoms with E-state index in [9.17, 15) is 8.78 Å². The van der Waals surface area contributed by atoms with E-state index in [2.05, 4.69) is 5.32 Å². The summed E-state index contributed by atoms with van der Waals surface area (Å²) >= 11 is 0. The third kappa shape index (κ3) is 4.48. The fourth-order valence-electron chi connectivity index (χ4n) is 3.14. The fraction of sp³-hybridized carbons (Fsp3) is 0.647. The van der Waals surface area contributed by atoms with Crippen LogP contribution in [0.1, 0.15) is 38.7 Å². The highest BCUT2D eigenvalue weighted by Gasteiger charge is 2.31. The van der Waals surface area contributed by atoms with Crippen LogP contribution >= 0.6 is 0 Å². The molecule has 1 aliphatic carbocycles. The van der Waals surface area contributed by atoms with Gasteiger partial charge in [0.15, 0.2) is 0 Å². The molecule has 0 bridgehead atoms. The largest absolute Gasteiger partial charge is 0.378 e. The van der Waals surface area contributed by atoms with E-state index in [0.717, 1.165) is 32.4 Å². The van der Waals surface area contributed by atoms with Gasteiger partial charge in [0.05, 0.1) is 6.10 Å². The van der Waals surface area contributed by atoms with Crippen molar-refractivity contribution in [1.29, 1.82) is 0 Å². The van der Waals surface area contributed by atoms with Crippen LogP contribution in [0.2, 0.25) is 0 Å². The van der Waals surface area contributed by atoms with Gasteiger partial charge in [-0.15, -0.1) is 0 Å². The Balaban J connectivity index is 1.91. The summed E-state index contributed by atoms with van der Waals surface area (Å²) in [6, 6.07) is 4.19. The van der Waals surface area contributed by atoms with E-state index in [1.807, 2.05) is 13.8 Å². The van der Waals surface area contributed by atoms with E-state index in [1.54, 1.807) is 0 Å². The molecule has 1 aliphatic rings. The molecular weight excluding hydrogens is 272 g/mol. The molecule has 0 amide bonds. The molecule has 1 saturated carbocycles. The van der Waals surface area contributed by atoms with Crippen molar-refractivity contribution in [2.45, 2.75) is 51.7 Å². The van der Waals surface area contributed by atoms with Crippen LogP contribution in [0.15, 0.2) is 18.2 Å². The number of nitrogens with one attached hydrogen (secondary N) is 1. The van der Waals surface area contributed by atoms with Gasteiger partial charge >= 0.3 is 0 Å². The predicted molar refractivity (Wildman–Crippen MR) is 80.3 cm³/mol. The molecule has 0 aliphatic heterocycles. The number of ether oxygens (including phenoxy) is 1. The zero-order valence-corrected chi connectivity index (χ0v) is 12.9. The lowest BCUT2D eigenvalue weighted by Gasteiger charge is -2.37. The maximum atomic E-state index is 13.8. The Kier molecular flexibility index (Phi) is 6.12. The van der Waals surface area contributed by atoms with Crippen molar-refractivity contribution in [1.82, 2.24) is 5.32 Å². The summed E-state index contributed by atoms with van der Waals surface area (Å²) in [5.74, 6) is -0.294. The molecule has 0 saturated heterocycles. The van der Waals surface area contributed by atoms with E-state index in [0.29, 0.717) is 18.4 Å². The monoisotopic (exact) mass is 297 g/mol. The highest BCUT2D eigenvalue weighted by Crippen LogP contribution is 2.34. The lowest BCUT2D eigenvalue weighted by molar-refractivity contribution is -0.0290. The Morgan fingerprint density at radius 1 is 1.24 bits per heavy atom. The van der Waals surface area contributed by atoms with Crippen LogP contribution < -0.4 is 5.32 Å². The second-order valence-electron chi connectivity index (χ2n) is 5.81. The summed E-state index contributed by atoms with van der Waals surface area (Å²) in [5.41, 5.74) is 0.198. The van der Waals surface area contributed by atoms with Gasteiger partial charge in [0.25, 0.3) is 0 Å². The molecule has 1 N–H and O–H groups in total. The van der Waals surface area contributed by atoms with Gasteiger partial charge in [0.1, 0.15) is 11.6 Å². The SMILES string of the molecule is CCNC(Cc1c(F)cccc1F)CC1CC(OCC)C1. The molecule has 0 radical (unpaired) electrons. The van der Waals surface area contributed by atoms with Crippen molar-refractivity contribution >= 4 is 0 Å². The van der Waals surface area contributed by atoms with Crippen LogP contribution in [-0.4, -0.2) is 25.3 Å². The predicted octanol–water partition coefficient (Wildman–Crippen LogP) is 3.69. The Morgan fingerprint density at radius 2 is 1.90 bits per heavy atom. The van der Waals surface area contributed by atoms with Gasteiger partial charge < -0.3 is 10.1 Å². The van der Waals surface area contributed by atoms with Crippen LogP contribution in [-0.2, 0) is 11.2 Å². The number of hydrogen-bond donors (Lipinski definition) is 1. The number of benzene rings is 1. The van der Waals surface area contributed by atoms with Crippen molar-refractivity contribution < 1.29 is 13.5 Å². The summed E-state index contributed by atoms with van der Waals surface area (Å²) in [4.78, 5) is 0. The van der Waals surface area contributed by atoms with Gasteiger partial charge in [0, 0.05) is 18.2 Å². The minimum absolute atomic E-state index is 0.119. The Morgan fingerprint density at radius 3 is 2.48 bits per heavy atom. The Hall–Kier alpha value is -1.00. The quantitative estimate of drug-likeness (QED) is 0.790. The molecule has 1 aromatic carbocycles. The van der Waals surface area contributed by atoms with Gasteiger partial charge in [-0.25, -0.2) is 8.78 Å². The number of halogens is 2. The van der Waals surface area contributed by atoms with Crippen LogP contribution in [0.4, 0.5) is 8.78 Å². The van der Waals surface area contributed by atoms with E-state index in [1.165, 1.54) is 18.2 Å². The van der Waals surface area contributed by atoms with Gasteiger partial charge in [-0.1, -0.05) is 13.0 Å². The average Bonchev–Trinajstić information content (AvgIpc) is 2.40. The van der Waals surface area contributed by atoms with Crippen molar-refractivity contribution in [2.75, 3.05) is 13.2 Å². The average molecular weight is 297 g/mol. The summed E-state index contributed by atoms with van der Waals surface area (Å²) in [6.45, 7) is 5.60. The summed E-state index contributed by atoms with van der Waals surface area (Å²) < 4.78 is 33.1. The van der Waals surface area contributed by atoms with Gasteiger partial charge in [-0.3, -0.25) is 0 Å². The molecule has 1 atom stereocenters. The molecule has 1 aromatic rings. The third-order valence-electron chi connectivity index (χ3n) is 4.22. The summed E-state index contributed by atoms with van der Waals surface area (Å²) in [5, 5.41) is 3.36. The molecule has 0 spiro atoms. The number of rotatable bonds is 8. The Bertz CT molecular complexity index is 426. The van der Waals surface area contributed by atoms with Crippen molar-refractivity contribution in [2.24, 2.45) is 5.92 Å². The van der Waals surface area contributed by atoms with Crippen LogP contribution in [0.5, 0.6) is 0 Å². The van der Waals surface area contributed by atoms with Crippen molar-refractivity contribution in [3.63, 3.8) is 0 Å². The first-order chi connectivity index (χ1) is 10.1. The maximum absolute atomic E-state index is 13.8. The highest BCUT2D eigenvalue weighted by molar-refractivity contribution is 5.20. The molecule has 21 heavy (non-hydrogen) atoms. The maximum Gasteiger partial charge on any atom is 0.129 e. The van der Waals surface area contributed by atoms with Gasteiger partial charge in [-0.05, 0) is 57.2 Å². The molecule has 4 heteroatoms. The lowest BCUT2D eigenvalue weighted by Crippen LogP contribution is -2.39. The van der Waals surface area contributed by atoms with Gasteiger partial charge in [0.2, 0.25) is 0 Å². The molecule has 2 nitrogen and oxygen atoms in total. The molecular formula is C17H25F2NO. The smallest absolute Gasteiger partial charge is 0.129 e. The zero-order valence-electron chi connectivity index (χ0n) is 12.9. The van der Waals surface area contributed by atoms with E-state index in [4.69, 9.17) is 4.74 Å². The molecule has 1 fully saturated rings. The normalized spacial score (nSPS) is 22.9. The first-order valence-electron chi connectivity index (χ1n) is 7.91. The minimum Gasteiger partial charge on any atom is -0.378 e. The van der Waals surface area contributed by atoms with Gasteiger partial charge in [-0.2, -0.15) is 0 Å². The molecule has 0 aromatic heterocycles. The first-order valence-corrected chi connectivity index (χ1v) is 7.91. The minimum atomic E-state index is -0.446. The fourth-order valence-corrected chi connectivity index (χ4v) is 3.14. The van der Waals surface area contributed by atoms with E-state index >= 15 is 0 Å². The van der Waals surface area contributed by atoms with E-state index in [-0.39, 0.29) is 11.6 Å². The number of hydrogen-bond acceptors (Lipinski definition) is 2. The molecule has 0 heterocycles. The first kappa shape index (κ1) is 16.4. The zero-order chi connectivity index (χ0) is 15.2. The van der Waals surface area contributed by atoms with E-state index < -0.39 is 11.6 Å². The highest BCUT2D eigenvalue weighted by atomic mass is 19.1. The second kappa shape index (κ2) is 7.85. The topological polar surface area (TPSA) is 21.3 Å². The van der Waals surface area contributed by atoms with Crippen molar-refractivity contribution in [3.8, 4) is 0 Å². The lowest BCUT2D eigenvalue weighted by atomic mass is 9.77. The van der Waals surface area contributed by atoms with Crippen LogP contribution in [0.25, 0.3) is 0 Å². The number of likely N-dealkylation sites (N-methyl/N-ethyl adjacent to an activating group) is 1. The third-order valence-corrected chi connectivity index (χ3v) is 4.22. The second-order valence-corrected chi connectivity index (χ2v) is 5.81. The van der Waals surface area contributed by atoms with Crippen LogP contribution in [0.3, 0.4) is 0 Å². The Labute approximate surface area is 125 Å².